The SMILES string of the molecule is O=C(CN1CCC(N2CCCC2)C1)Nc1cccc2c1C(=O)c1ccccc1C2=O. The second-order valence-electron chi connectivity index (χ2n) is 8.40. The lowest BCUT2D eigenvalue weighted by Crippen LogP contribution is -2.37. The predicted octanol–water partition coefficient (Wildman–Crippen LogP) is 2.57. The summed E-state index contributed by atoms with van der Waals surface area (Å²) in [7, 11) is 0. The highest BCUT2D eigenvalue weighted by molar-refractivity contribution is 6.30. The molecule has 154 valence electrons. The number of carbonyl (C=O) groups excluding carboxylic acids is 3. The van der Waals surface area contributed by atoms with Crippen molar-refractivity contribution in [3.63, 3.8) is 0 Å². The largest absolute Gasteiger partial charge is 0.324 e. The molecule has 0 saturated carbocycles. The lowest BCUT2D eigenvalue weighted by molar-refractivity contribution is -0.117. The number of amides is 1. The van der Waals surface area contributed by atoms with Gasteiger partial charge in [0.15, 0.2) is 11.6 Å². The van der Waals surface area contributed by atoms with Gasteiger partial charge in [0.2, 0.25) is 5.91 Å². The molecule has 2 aliphatic heterocycles. The van der Waals surface area contributed by atoms with E-state index >= 15 is 0 Å². The number of benzene rings is 2. The quantitative estimate of drug-likeness (QED) is 0.725. The molecule has 0 aromatic heterocycles. The zero-order chi connectivity index (χ0) is 20.7. The summed E-state index contributed by atoms with van der Waals surface area (Å²) >= 11 is 0. The van der Waals surface area contributed by atoms with Crippen LogP contribution in [0.3, 0.4) is 0 Å². The molecule has 1 N–H and O–H groups in total. The van der Waals surface area contributed by atoms with Crippen LogP contribution in [0.5, 0.6) is 0 Å². The van der Waals surface area contributed by atoms with Crippen molar-refractivity contribution in [1.29, 1.82) is 0 Å². The van der Waals surface area contributed by atoms with Crippen LogP contribution in [0.15, 0.2) is 42.5 Å². The zero-order valence-electron chi connectivity index (χ0n) is 16.9. The van der Waals surface area contributed by atoms with Gasteiger partial charge in [-0.3, -0.25) is 24.2 Å². The number of hydrogen-bond acceptors (Lipinski definition) is 5. The van der Waals surface area contributed by atoms with Crippen LogP contribution in [0.2, 0.25) is 0 Å². The summed E-state index contributed by atoms with van der Waals surface area (Å²) in [5.74, 6) is -0.541. The van der Waals surface area contributed by atoms with Crippen molar-refractivity contribution in [2.24, 2.45) is 0 Å². The van der Waals surface area contributed by atoms with Crippen LogP contribution in [0, 0.1) is 0 Å². The number of anilines is 1. The molecule has 6 heteroatoms. The summed E-state index contributed by atoms with van der Waals surface area (Å²) in [5, 5.41) is 2.90. The molecule has 0 spiro atoms. The lowest BCUT2D eigenvalue weighted by Gasteiger charge is -2.24. The van der Waals surface area contributed by atoms with Crippen LogP contribution in [0.4, 0.5) is 5.69 Å². The van der Waals surface area contributed by atoms with E-state index < -0.39 is 0 Å². The van der Waals surface area contributed by atoms with Gasteiger partial charge < -0.3 is 5.32 Å². The number of nitrogens with zero attached hydrogens (tertiary/aromatic N) is 2. The fraction of sp³-hybridized carbons (Fsp3) is 0.375. The maximum Gasteiger partial charge on any atom is 0.238 e. The Morgan fingerprint density at radius 1 is 0.900 bits per heavy atom. The first kappa shape index (κ1) is 19.2. The predicted molar refractivity (Wildman–Crippen MR) is 114 cm³/mol. The highest BCUT2D eigenvalue weighted by atomic mass is 16.2. The molecule has 1 atom stereocenters. The van der Waals surface area contributed by atoms with Gasteiger partial charge >= 0.3 is 0 Å². The molecule has 2 heterocycles. The second kappa shape index (κ2) is 7.78. The topological polar surface area (TPSA) is 69.7 Å². The van der Waals surface area contributed by atoms with Gasteiger partial charge in [0.05, 0.1) is 17.8 Å². The van der Waals surface area contributed by atoms with Crippen molar-refractivity contribution in [3.8, 4) is 0 Å². The van der Waals surface area contributed by atoms with Crippen molar-refractivity contribution in [2.45, 2.75) is 25.3 Å². The van der Waals surface area contributed by atoms with Crippen LogP contribution in [-0.4, -0.2) is 66.0 Å². The third kappa shape index (κ3) is 3.36. The van der Waals surface area contributed by atoms with E-state index in [9.17, 15) is 14.4 Å². The van der Waals surface area contributed by atoms with Gasteiger partial charge in [-0.1, -0.05) is 36.4 Å². The smallest absolute Gasteiger partial charge is 0.238 e. The van der Waals surface area contributed by atoms with Gasteiger partial charge in [0, 0.05) is 35.8 Å². The third-order valence-corrected chi connectivity index (χ3v) is 6.50. The molecule has 1 amide bonds. The van der Waals surface area contributed by atoms with E-state index in [4.69, 9.17) is 0 Å². The Bertz CT molecular complexity index is 1030. The second-order valence-corrected chi connectivity index (χ2v) is 8.40. The first-order valence-corrected chi connectivity index (χ1v) is 10.7. The van der Waals surface area contributed by atoms with E-state index in [2.05, 4.69) is 15.1 Å². The summed E-state index contributed by atoms with van der Waals surface area (Å²) in [6, 6.07) is 12.5. The van der Waals surface area contributed by atoms with Crippen LogP contribution in [-0.2, 0) is 4.79 Å². The zero-order valence-corrected chi connectivity index (χ0v) is 16.9. The molecule has 3 aliphatic rings. The Balaban J connectivity index is 1.31. The van der Waals surface area contributed by atoms with Crippen LogP contribution in [0.25, 0.3) is 0 Å². The number of hydrogen-bond donors (Lipinski definition) is 1. The Kier molecular flexibility index (Phi) is 4.97. The average molecular weight is 403 g/mol. The molecule has 6 nitrogen and oxygen atoms in total. The molecule has 2 aromatic carbocycles. The maximum atomic E-state index is 13.1. The molecular weight excluding hydrogens is 378 g/mol. The molecule has 1 unspecified atom stereocenters. The number of fused-ring (bicyclic) bond motifs is 2. The van der Waals surface area contributed by atoms with Gasteiger partial charge in [0.1, 0.15) is 0 Å². The van der Waals surface area contributed by atoms with E-state index in [0.29, 0.717) is 40.5 Å². The minimum Gasteiger partial charge on any atom is -0.324 e. The van der Waals surface area contributed by atoms with E-state index in [1.54, 1.807) is 42.5 Å². The molecule has 2 fully saturated rings. The first-order chi connectivity index (χ1) is 14.6. The van der Waals surface area contributed by atoms with E-state index in [0.717, 1.165) is 19.5 Å². The summed E-state index contributed by atoms with van der Waals surface area (Å²) in [6.07, 6.45) is 3.63. The molecular formula is C24H25N3O3. The molecule has 0 radical (unpaired) electrons. The van der Waals surface area contributed by atoms with Crippen molar-refractivity contribution >= 4 is 23.2 Å². The lowest BCUT2D eigenvalue weighted by atomic mass is 9.83. The maximum absolute atomic E-state index is 13.1. The van der Waals surface area contributed by atoms with Crippen LogP contribution >= 0.6 is 0 Å². The molecule has 2 saturated heterocycles. The van der Waals surface area contributed by atoms with Gasteiger partial charge in [-0.15, -0.1) is 0 Å². The standard InChI is InChI=1S/C24H25N3O3/c28-21(15-26-13-10-16(14-26)27-11-3-4-12-27)25-20-9-5-8-19-22(20)24(30)18-7-2-1-6-17(18)23(19)29/h1-2,5-9,16H,3-4,10-15H2,(H,25,28). The van der Waals surface area contributed by atoms with Crippen LogP contribution in [0.1, 0.15) is 51.1 Å². The van der Waals surface area contributed by atoms with Gasteiger partial charge in [0.25, 0.3) is 0 Å². The molecule has 2 aromatic rings. The minimum atomic E-state index is -0.216. The Labute approximate surface area is 175 Å². The summed E-state index contributed by atoms with van der Waals surface area (Å²) < 4.78 is 0. The Hall–Kier alpha value is -2.83. The molecule has 5 rings (SSSR count). The average Bonchev–Trinajstić information content (AvgIpc) is 3.44. The third-order valence-electron chi connectivity index (χ3n) is 6.50. The summed E-state index contributed by atoms with van der Waals surface area (Å²) in [6.45, 7) is 4.45. The highest BCUT2D eigenvalue weighted by Crippen LogP contribution is 2.32. The number of likely N-dealkylation sites (tertiary alicyclic amines) is 2. The van der Waals surface area contributed by atoms with E-state index in [1.807, 2.05) is 0 Å². The van der Waals surface area contributed by atoms with Gasteiger partial charge in [-0.25, -0.2) is 0 Å². The van der Waals surface area contributed by atoms with Crippen molar-refractivity contribution in [3.05, 3.63) is 64.7 Å². The fourth-order valence-corrected chi connectivity index (χ4v) is 5.00. The monoisotopic (exact) mass is 403 g/mol. The first-order valence-electron chi connectivity index (χ1n) is 10.7. The minimum absolute atomic E-state index is 0.149. The van der Waals surface area contributed by atoms with Crippen molar-refractivity contribution < 1.29 is 14.4 Å². The number of rotatable bonds is 4. The Morgan fingerprint density at radius 2 is 1.60 bits per heavy atom. The molecule has 0 bridgehead atoms. The van der Waals surface area contributed by atoms with E-state index in [1.165, 1.54) is 25.9 Å². The highest BCUT2D eigenvalue weighted by Gasteiger charge is 2.33. The number of carbonyl (C=O) groups is 3. The fourth-order valence-electron chi connectivity index (χ4n) is 5.00. The summed E-state index contributed by atoms with van der Waals surface area (Å²) in [5.41, 5.74) is 1.88. The number of nitrogens with one attached hydrogen (secondary N) is 1. The van der Waals surface area contributed by atoms with Gasteiger partial charge in [-0.2, -0.15) is 0 Å². The van der Waals surface area contributed by atoms with Crippen molar-refractivity contribution in [2.75, 3.05) is 38.0 Å². The number of ketones is 2. The summed E-state index contributed by atoms with van der Waals surface area (Å²) in [4.78, 5) is 43.4. The van der Waals surface area contributed by atoms with Gasteiger partial charge in [-0.05, 0) is 38.4 Å². The van der Waals surface area contributed by atoms with Crippen molar-refractivity contribution in [1.82, 2.24) is 9.80 Å². The molecule has 30 heavy (non-hydrogen) atoms. The van der Waals surface area contributed by atoms with E-state index in [-0.39, 0.29) is 17.5 Å². The van der Waals surface area contributed by atoms with Crippen LogP contribution < -0.4 is 5.32 Å². The molecule has 1 aliphatic carbocycles. The normalized spacial score (nSPS) is 21.5. The Morgan fingerprint density at radius 3 is 2.37 bits per heavy atom.